The predicted molar refractivity (Wildman–Crippen MR) is 77.5 cm³/mol. The number of nitrogens with one attached hydrogen (secondary N) is 1. The highest BCUT2D eigenvalue weighted by atomic mass is 79.9. The van der Waals surface area contributed by atoms with E-state index in [1.54, 1.807) is 12.4 Å². The maximum Gasteiger partial charge on any atom is 0.238 e. The molecule has 1 unspecified atom stereocenters. The maximum atomic E-state index is 11.9. The molecule has 0 saturated heterocycles. The molecule has 1 aromatic carbocycles. The Morgan fingerprint density at radius 2 is 1.79 bits per heavy atom. The molecule has 0 aliphatic rings. The van der Waals surface area contributed by atoms with Crippen LogP contribution in [0.2, 0.25) is 0 Å². The summed E-state index contributed by atoms with van der Waals surface area (Å²) in [6.45, 7) is 3.98. The monoisotopic (exact) mass is 322 g/mol. The summed E-state index contributed by atoms with van der Waals surface area (Å²) in [5.41, 5.74) is 1.60. The van der Waals surface area contributed by atoms with Crippen molar-refractivity contribution in [1.29, 1.82) is 0 Å². The highest BCUT2D eigenvalue weighted by Crippen LogP contribution is 2.16. The minimum absolute atomic E-state index is 0.0417. The molecule has 0 radical (unpaired) electrons. The second-order valence-corrected chi connectivity index (χ2v) is 5.49. The SMILES string of the molecule is CC(C)C(Br)C(=O)Nc1ccc(-n2nccn2)cc1. The van der Waals surface area contributed by atoms with Gasteiger partial charge in [-0.1, -0.05) is 29.8 Å². The summed E-state index contributed by atoms with van der Waals surface area (Å²) in [4.78, 5) is 13.2. The number of rotatable bonds is 4. The first kappa shape index (κ1) is 13.7. The van der Waals surface area contributed by atoms with Crippen molar-refractivity contribution in [3.05, 3.63) is 36.7 Å². The molecule has 1 heterocycles. The first-order valence-electron chi connectivity index (χ1n) is 5.99. The molecule has 2 aromatic rings. The molecule has 0 fully saturated rings. The Morgan fingerprint density at radius 3 is 2.32 bits per heavy atom. The summed E-state index contributed by atoms with van der Waals surface area (Å²) in [6.07, 6.45) is 3.24. The number of halogens is 1. The van der Waals surface area contributed by atoms with E-state index in [4.69, 9.17) is 0 Å². The van der Waals surface area contributed by atoms with E-state index >= 15 is 0 Å². The van der Waals surface area contributed by atoms with Gasteiger partial charge < -0.3 is 5.32 Å². The van der Waals surface area contributed by atoms with E-state index < -0.39 is 0 Å². The molecule has 1 atom stereocenters. The minimum Gasteiger partial charge on any atom is -0.325 e. The second-order valence-electron chi connectivity index (χ2n) is 4.50. The lowest BCUT2D eigenvalue weighted by molar-refractivity contribution is -0.116. The number of amides is 1. The zero-order valence-corrected chi connectivity index (χ0v) is 12.3. The number of hydrogen-bond donors (Lipinski definition) is 1. The molecule has 2 rings (SSSR count). The summed E-state index contributed by atoms with van der Waals surface area (Å²) in [5.74, 6) is 0.201. The molecule has 0 aliphatic carbocycles. The summed E-state index contributed by atoms with van der Waals surface area (Å²) in [6, 6.07) is 7.37. The number of anilines is 1. The Bertz CT molecular complexity index is 536. The standard InChI is InChI=1S/C13H15BrN4O/c1-9(2)12(14)13(19)17-10-3-5-11(6-4-10)18-15-7-8-16-18/h3-9,12H,1-2H3,(H,17,19). The molecule has 1 aromatic heterocycles. The van der Waals surface area contributed by atoms with Crippen molar-refractivity contribution in [3.8, 4) is 5.69 Å². The van der Waals surface area contributed by atoms with Crippen LogP contribution in [0.15, 0.2) is 36.7 Å². The smallest absolute Gasteiger partial charge is 0.238 e. The summed E-state index contributed by atoms with van der Waals surface area (Å²) in [7, 11) is 0. The lowest BCUT2D eigenvalue weighted by Crippen LogP contribution is -2.26. The molecule has 0 spiro atoms. The molecule has 6 heteroatoms. The average Bonchev–Trinajstić information content (AvgIpc) is 2.92. The van der Waals surface area contributed by atoms with E-state index in [9.17, 15) is 4.79 Å². The van der Waals surface area contributed by atoms with Gasteiger partial charge in [0.05, 0.1) is 22.9 Å². The van der Waals surface area contributed by atoms with Gasteiger partial charge in [-0.3, -0.25) is 4.79 Å². The highest BCUT2D eigenvalue weighted by molar-refractivity contribution is 9.10. The number of nitrogens with zero attached hydrogens (tertiary/aromatic N) is 3. The van der Waals surface area contributed by atoms with Gasteiger partial charge in [-0.15, -0.1) is 0 Å². The Labute approximate surface area is 120 Å². The summed E-state index contributed by atoms with van der Waals surface area (Å²) in [5, 5.41) is 10.9. The van der Waals surface area contributed by atoms with Gasteiger partial charge in [0.15, 0.2) is 0 Å². The Hall–Kier alpha value is -1.69. The van der Waals surface area contributed by atoms with E-state index in [2.05, 4.69) is 31.4 Å². The van der Waals surface area contributed by atoms with Crippen molar-refractivity contribution in [1.82, 2.24) is 15.0 Å². The minimum atomic E-state index is -0.194. The van der Waals surface area contributed by atoms with Gasteiger partial charge in [0.1, 0.15) is 0 Å². The highest BCUT2D eigenvalue weighted by Gasteiger charge is 2.18. The van der Waals surface area contributed by atoms with Crippen LogP contribution in [0.3, 0.4) is 0 Å². The van der Waals surface area contributed by atoms with Gasteiger partial charge >= 0.3 is 0 Å². The fraction of sp³-hybridized carbons (Fsp3) is 0.308. The van der Waals surface area contributed by atoms with Crippen molar-refractivity contribution in [2.45, 2.75) is 18.7 Å². The topological polar surface area (TPSA) is 59.8 Å². The molecule has 1 amide bonds. The van der Waals surface area contributed by atoms with Crippen molar-refractivity contribution in [3.63, 3.8) is 0 Å². The van der Waals surface area contributed by atoms with E-state index in [0.29, 0.717) is 0 Å². The molecule has 0 bridgehead atoms. The lowest BCUT2D eigenvalue weighted by Gasteiger charge is -2.13. The van der Waals surface area contributed by atoms with E-state index in [-0.39, 0.29) is 16.7 Å². The third-order valence-corrected chi connectivity index (χ3v) is 4.09. The van der Waals surface area contributed by atoms with Gasteiger partial charge in [-0.2, -0.15) is 15.0 Å². The number of carbonyl (C=O) groups excluding carboxylic acids is 1. The van der Waals surface area contributed by atoms with Crippen molar-refractivity contribution >= 4 is 27.5 Å². The summed E-state index contributed by atoms with van der Waals surface area (Å²) < 4.78 is 0. The van der Waals surface area contributed by atoms with Crippen LogP contribution >= 0.6 is 15.9 Å². The third kappa shape index (κ3) is 3.41. The van der Waals surface area contributed by atoms with E-state index in [0.717, 1.165) is 11.4 Å². The summed E-state index contributed by atoms with van der Waals surface area (Å²) >= 11 is 3.37. The average molecular weight is 323 g/mol. The van der Waals surface area contributed by atoms with Crippen LogP contribution in [0.1, 0.15) is 13.8 Å². The first-order chi connectivity index (χ1) is 9.08. The van der Waals surface area contributed by atoms with Gasteiger partial charge in [0.25, 0.3) is 0 Å². The van der Waals surface area contributed by atoms with Crippen molar-refractivity contribution < 1.29 is 4.79 Å². The number of hydrogen-bond acceptors (Lipinski definition) is 3. The van der Waals surface area contributed by atoms with Crippen LogP contribution in [0, 0.1) is 5.92 Å². The second kappa shape index (κ2) is 5.97. The van der Waals surface area contributed by atoms with Crippen LogP contribution in [-0.2, 0) is 4.79 Å². The third-order valence-electron chi connectivity index (χ3n) is 2.62. The normalized spacial score (nSPS) is 12.4. The lowest BCUT2D eigenvalue weighted by atomic mass is 10.1. The predicted octanol–water partition coefficient (Wildman–Crippen LogP) is 2.63. The fourth-order valence-corrected chi connectivity index (χ4v) is 1.66. The maximum absolute atomic E-state index is 11.9. The van der Waals surface area contributed by atoms with Crippen molar-refractivity contribution in [2.75, 3.05) is 5.32 Å². The van der Waals surface area contributed by atoms with Gasteiger partial charge in [0.2, 0.25) is 5.91 Å². The van der Waals surface area contributed by atoms with Crippen LogP contribution in [-0.4, -0.2) is 25.7 Å². The molecule has 0 aliphatic heterocycles. The molecule has 5 nitrogen and oxygen atoms in total. The Kier molecular flexibility index (Phi) is 4.31. The Balaban J connectivity index is 2.05. The molecule has 19 heavy (non-hydrogen) atoms. The zero-order valence-electron chi connectivity index (χ0n) is 10.7. The van der Waals surface area contributed by atoms with Gasteiger partial charge in [-0.25, -0.2) is 0 Å². The van der Waals surface area contributed by atoms with Crippen LogP contribution in [0.5, 0.6) is 0 Å². The van der Waals surface area contributed by atoms with E-state index in [1.165, 1.54) is 4.80 Å². The quantitative estimate of drug-likeness (QED) is 0.880. The molecule has 0 saturated carbocycles. The zero-order chi connectivity index (χ0) is 13.8. The Morgan fingerprint density at radius 1 is 1.21 bits per heavy atom. The molecule has 100 valence electrons. The van der Waals surface area contributed by atoms with E-state index in [1.807, 2.05) is 38.1 Å². The fourth-order valence-electron chi connectivity index (χ4n) is 1.54. The first-order valence-corrected chi connectivity index (χ1v) is 6.91. The molecular weight excluding hydrogens is 308 g/mol. The van der Waals surface area contributed by atoms with Crippen LogP contribution in [0.25, 0.3) is 5.69 Å². The van der Waals surface area contributed by atoms with Gasteiger partial charge in [0, 0.05) is 5.69 Å². The van der Waals surface area contributed by atoms with Crippen LogP contribution < -0.4 is 5.32 Å². The number of benzene rings is 1. The molecule has 1 N–H and O–H groups in total. The number of alkyl halides is 1. The molecular formula is C13H15BrN4O. The number of carbonyl (C=O) groups is 1. The van der Waals surface area contributed by atoms with Crippen molar-refractivity contribution in [2.24, 2.45) is 5.92 Å². The number of aromatic nitrogens is 3. The van der Waals surface area contributed by atoms with Gasteiger partial charge in [-0.05, 0) is 30.2 Å². The largest absolute Gasteiger partial charge is 0.325 e. The van der Waals surface area contributed by atoms with Crippen LogP contribution in [0.4, 0.5) is 5.69 Å².